The highest BCUT2D eigenvalue weighted by atomic mass is 35.5. The van der Waals surface area contributed by atoms with E-state index in [0.29, 0.717) is 23.1 Å². The van der Waals surface area contributed by atoms with Crippen molar-refractivity contribution in [2.75, 3.05) is 49.1 Å². The first-order chi connectivity index (χ1) is 15.5. The molecule has 0 bridgehead atoms. The Morgan fingerprint density at radius 1 is 1.06 bits per heavy atom. The Labute approximate surface area is 202 Å². The SMILES string of the molecule is Cc1ccc2nc(N3CCCC(C(=O)N4CCN(c5cccc(Cl)c5Cl)CC4)C3)sc2c1. The Bertz CT molecular complexity index is 1140. The number of halogens is 2. The van der Waals surface area contributed by atoms with Crippen LogP contribution in [0.5, 0.6) is 0 Å². The summed E-state index contributed by atoms with van der Waals surface area (Å²) in [6.45, 7) is 6.76. The second kappa shape index (κ2) is 9.08. The van der Waals surface area contributed by atoms with E-state index >= 15 is 0 Å². The second-order valence-corrected chi connectivity index (χ2v) is 10.4. The van der Waals surface area contributed by atoms with Gasteiger partial charge >= 0.3 is 0 Å². The quantitative estimate of drug-likeness (QED) is 0.489. The van der Waals surface area contributed by atoms with Crippen LogP contribution in [-0.4, -0.2) is 55.1 Å². The monoisotopic (exact) mass is 488 g/mol. The van der Waals surface area contributed by atoms with Crippen LogP contribution in [0.4, 0.5) is 10.8 Å². The molecule has 2 fully saturated rings. The molecule has 5 nitrogen and oxygen atoms in total. The van der Waals surface area contributed by atoms with Crippen LogP contribution in [-0.2, 0) is 4.79 Å². The molecule has 1 atom stereocenters. The summed E-state index contributed by atoms with van der Waals surface area (Å²) in [5, 5.41) is 2.18. The Hall–Kier alpha value is -2.02. The second-order valence-electron chi connectivity index (χ2n) is 8.64. The number of benzene rings is 2. The molecule has 1 amide bonds. The van der Waals surface area contributed by atoms with Crippen LogP contribution >= 0.6 is 34.5 Å². The minimum atomic E-state index is 0.0267. The Morgan fingerprint density at radius 3 is 2.69 bits per heavy atom. The van der Waals surface area contributed by atoms with Crippen LogP contribution < -0.4 is 9.80 Å². The first kappa shape index (κ1) is 21.8. The molecule has 0 spiro atoms. The van der Waals surface area contributed by atoms with E-state index in [1.54, 1.807) is 17.4 Å². The highest BCUT2D eigenvalue weighted by molar-refractivity contribution is 7.22. The summed E-state index contributed by atoms with van der Waals surface area (Å²) in [6.07, 6.45) is 1.96. The standard InChI is InChI=1S/C24H26Cl2N4OS/c1-16-7-8-19-21(14-16)32-24(27-19)30-9-3-4-17(15-30)23(31)29-12-10-28(11-13-29)20-6-2-5-18(25)22(20)26/h2,5-8,14,17H,3-4,9-13,15H2,1H3. The third-order valence-electron chi connectivity index (χ3n) is 6.44. The molecule has 2 aliphatic heterocycles. The summed E-state index contributed by atoms with van der Waals surface area (Å²) < 4.78 is 1.21. The number of hydrogen-bond donors (Lipinski definition) is 0. The van der Waals surface area contributed by atoms with Gasteiger partial charge in [0.2, 0.25) is 5.91 Å². The normalized spacial score (nSPS) is 19.6. The molecule has 1 unspecified atom stereocenters. The Kier molecular flexibility index (Phi) is 6.19. The van der Waals surface area contributed by atoms with Crippen LogP contribution in [0, 0.1) is 12.8 Å². The van der Waals surface area contributed by atoms with Crippen molar-refractivity contribution in [3.8, 4) is 0 Å². The lowest BCUT2D eigenvalue weighted by Crippen LogP contribution is -2.52. The van der Waals surface area contributed by atoms with Gasteiger partial charge in [0, 0.05) is 39.3 Å². The third-order valence-corrected chi connectivity index (χ3v) is 8.32. The van der Waals surface area contributed by atoms with Gasteiger partial charge in [-0.05, 0) is 49.6 Å². The van der Waals surface area contributed by atoms with E-state index in [1.165, 1.54) is 10.3 Å². The van der Waals surface area contributed by atoms with E-state index in [-0.39, 0.29) is 11.8 Å². The van der Waals surface area contributed by atoms with Gasteiger partial charge in [-0.1, -0.05) is 46.7 Å². The zero-order valence-electron chi connectivity index (χ0n) is 18.1. The highest BCUT2D eigenvalue weighted by Gasteiger charge is 2.32. The molecule has 0 aliphatic carbocycles. The zero-order chi connectivity index (χ0) is 22.2. The van der Waals surface area contributed by atoms with E-state index in [1.807, 2.05) is 17.0 Å². The van der Waals surface area contributed by atoms with Gasteiger partial charge in [-0.15, -0.1) is 0 Å². The van der Waals surface area contributed by atoms with E-state index in [4.69, 9.17) is 28.2 Å². The number of hydrogen-bond acceptors (Lipinski definition) is 5. The van der Waals surface area contributed by atoms with Crippen LogP contribution in [0.2, 0.25) is 10.0 Å². The van der Waals surface area contributed by atoms with Crippen LogP contribution in [0.15, 0.2) is 36.4 Å². The summed E-state index contributed by atoms with van der Waals surface area (Å²) in [7, 11) is 0. The predicted molar refractivity (Wildman–Crippen MR) is 135 cm³/mol. The number of carbonyl (C=O) groups is 1. The predicted octanol–water partition coefficient (Wildman–Crippen LogP) is 5.48. The molecule has 32 heavy (non-hydrogen) atoms. The Balaban J connectivity index is 1.23. The van der Waals surface area contributed by atoms with Crippen molar-refractivity contribution in [2.24, 2.45) is 5.92 Å². The summed E-state index contributed by atoms with van der Waals surface area (Å²) in [5.41, 5.74) is 3.23. The number of fused-ring (bicyclic) bond motifs is 1. The molecule has 3 heterocycles. The van der Waals surface area contributed by atoms with Crippen molar-refractivity contribution < 1.29 is 4.79 Å². The summed E-state index contributed by atoms with van der Waals surface area (Å²) in [4.78, 5) is 24.7. The van der Waals surface area contributed by atoms with Gasteiger partial charge in [-0.25, -0.2) is 4.98 Å². The smallest absolute Gasteiger partial charge is 0.227 e. The maximum atomic E-state index is 13.3. The molecule has 168 valence electrons. The first-order valence-electron chi connectivity index (χ1n) is 11.1. The third kappa shape index (κ3) is 4.28. The number of anilines is 2. The minimum Gasteiger partial charge on any atom is -0.367 e. The number of piperidine rings is 1. The molecule has 5 rings (SSSR count). The van der Waals surface area contributed by atoms with Gasteiger partial charge in [-0.2, -0.15) is 0 Å². The fraction of sp³-hybridized carbons (Fsp3) is 0.417. The molecule has 3 aromatic rings. The topological polar surface area (TPSA) is 39.7 Å². The summed E-state index contributed by atoms with van der Waals surface area (Å²) in [5.74, 6) is 0.294. The first-order valence-corrected chi connectivity index (χ1v) is 12.7. The molecule has 1 aromatic heterocycles. The molecule has 2 saturated heterocycles. The largest absolute Gasteiger partial charge is 0.367 e. The summed E-state index contributed by atoms with van der Waals surface area (Å²) in [6, 6.07) is 12.1. The summed E-state index contributed by atoms with van der Waals surface area (Å²) >= 11 is 14.3. The van der Waals surface area contributed by atoms with Gasteiger partial charge in [0.25, 0.3) is 0 Å². The van der Waals surface area contributed by atoms with Gasteiger partial charge in [0.15, 0.2) is 5.13 Å². The van der Waals surface area contributed by atoms with Crippen molar-refractivity contribution in [1.82, 2.24) is 9.88 Å². The van der Waals surface area contributed by atoms with E-state index in [2.05, 4.69) is 34.9 Å². The maximum Gasteiger partial charge on any atom is 0.227 e. The van der Waals surface area contributed by atoms with Crippen LogP contribution in [0.1, 0.15) is 18.4 Å². The number of amides is 1. The van der Waals surface area contributed by atoms with Crippen molar-refractivity contribution >= 4 is 61.5 Å². The molecular weight excluding hydrogens is 463 g/mol. The molecule has 0 saturated carbocycles. The zero-order valence-corrected chi connectivity index (χ0v) is 20.4. The van der Waals surface area contributed by atoms with E-state index < -0.39 is 0 Å². The van der Waals surface area contributed by atoms with Gasteiger partial charge in [0.05, 0.1) is 31.9 Å². The number of carbonyl (C=O) groups excluding carboxylic acids is 1. The number of aromatic nitrogens is 1. The molecule has 0 N–H and O–H groups in total. The average Bonchev–Trinajstić information content (AvgIpc) is 3.24. The van der Waals surface area contributed by atoms with Gasteiger partial charge < -0.3 is 14.7 Å². The maximum absolute atomic E-state index is 13.3. The molecule has 8 heteroatoms. The van der Waals surface area contributed by atoms with Crippen molar-refractivity contribution in [3.63, 3.8) is 0 Å². The fourth-order valence-corrected chi connectivity index (χ4v) is 6.18. The molecule has 2 aromatic carbocycles. The number of rotatable bonds is 3. The van der Waals surface area contributed by atoms with Gasteiger partial charge in [-0.3, -0.25) is 4.79 Å². The Morgan fingerprint density at radius 2 is 1.88 bits per heavy atom. The van der Waals surface area contributed by atoms with Crippen LogP contribution in [0.25, 0.3) is 10.2 Å². The van der Waals surface area contributed by atoms with Crippen molar-refractivity contribution in [3.05, 3.63) is 52.0 Å². The lowest BCUT2D eigenvalue weighted by atomic mass is 9.96. The fourth-order valence-electron chi connectivity index (χ4n) is 4.67. The number of aryl methyl sites for hydroxylation is 1. The number of nitrogens with zero attached hydrogens (tertiary/aromatic N) is 4. The average molecular weight is 489 g/mol. The minimum absolute atomic E-state index is 0.0267. The lowest BCUT2D eigenvalue weighted by Gasteiger charge is -2.40. The van der Waals surface area contributed by atoms with E-state index in [0.717, 1.165) is 55.4 Å². The molecular formula is C24H26Cl2N4OS. The van der Waals surface area contributed by atoms with Crippen molar-refractivity contribution in [2.45, 2.75) is 19.8 Å². The number of thiazole rings is 1. The van der Waals surface area contributed by atoms with Gasteiger partial charge in [0.1, 0.15) is 0 Å². The number of piperazine rings is 1. The lowest BCUT2D eigenvalue weighted by molar-refractivity contribution is -0.136. The molecule has 2 aliphatic rings. The highest BCUT2D eigenvalue weighted by Crippen LogP contribution is 2.34. The van der Waals surface area contributed by atoms with Crippen LogP contribution in [0.3, 0.4) is 0 Å². The van der Waals surface area contributed by atoms with E-state index in [9.17, 15) is 4.79 Å². The van der Waals surface area contributed by atoms with Crippen molar-refractivity contribution in [1.29, 1.82) is 0 Å². The molecule has 0 radical (unpaired) electrons.